The van der Waals surface area contributed by atoms with Gasteiger partial charge in [0.25, 0.3) is 0 Å². The first-order chi connectivity index (χ1) is 7.84. The molecule has 0 fully saturated rings. The second-order valence-corrected chi connectivity index (χ2v) is 3.19. The van der Waals surface area contributed by atoms with Crippen LogP contribution in [0.3, 0.4) is 0 Å². The maximum atomic E-state index is 9.62. The van der Waals surface area contributed by atoms with Crippen LogP contribution >= 0.6 is 0 Å². The third kappa shape index (κ3) is 1.28. The van der Waals surface area contributed by atoms with Crippen molar-refractivity contribution in [1.29, 1.82) is 0 Å². The molecule has 0 aliphatic heterocycles. The fraction of sp³-hybridized carbons (Fsp3) is 0. The Morgan fingerprint density at radius 1 is 1.25 bits per heavy atom. The van der Waals surface area contributed by atoms with Gasteiger partial charge in [0.1, 0.15) is 5.75 Å². The van der Waals surface area contributed by atoms with Crippen molar-refractivity contribution in [3.8, 4) is 17.3 Å². The van der Waals surface area contributed by atoms with Crippen LogP contribution in [0.15, 0.2) is 36.9 Å². The van der Waals surface area contributed by atoms with Gasteiger partial charge in [-0.25, -0.2) is 14.5 Å². The van der Waals surface area contributed by atoms with Crippen LogP contribution in [-0.2, 0) is 0 Å². The van der Waals surface area contributed by atoms with Gasteiger partial charge in [-0.05, 0) is 12.1 Å². The summed E-state index contributed by atoms with van der Waals surface area (Å²) >= 11 is 0. The van der Waals surface area contributed by atoms with Crippen molar-refractivity contribution in [2.24, 2.45) is 0 Å². The summed E-state index contributed by atoms with van der Waals surface area (Å²) in [4.78, 5) is 12.2. The van der Waals surface area contributed by atoms with E-state index < -0.39 is 0 Å². The molecule has 0 bridgehead atoms. The molecule has 78 valence electrons. The number of aromatic hydroxyl groups is 1. The van der Waals surface area contributed by atoms with Gasteiger partial charge in [0.05, 0.1) is 6.20 Å². The number of aromatic nitrogens is 5. The van der Waals surface area contributed by atoms with Crippen LogP contribution in [0.5, 0.6) is 5.75 Å². The molecule has 6 heteroatoms. The Balaban J connectivity index is 2.23. The number of nitrogens with zero attached hydrogens (tertiary/aromatic N) is 5. The van der Waals surface area contributed by atoms with Gasteiger partial charge in [-0.3, -0.25) is 4.98 Å². The van der Waals surface area contributed by atoms with Crippen LogP contribution in [-0.4, -0.2) is 29.7 Å². The smallest absolute Gasteiger partial charge is 0.204 e. The van der Waals surface area contributed by atoms with E-state index in [1.807, 2.05) is 0 Å². The van der Waals surface area contributed by atoms with Gasteiger partial charge in [-0.15, -0.1) is 5.10 Å². The van der Waals surface area contributed by atoms with Crippen molar-refractivity contribution >= 4 is 5.65 Å². The summed E-state index contributed by atoms with van der Waals surface area (Å²) < 4.78 is 1.58. The number of hydrogen-bond donors (Lipinski definition) is 1. The van der Waals surface area contributed by atoms with Crippen molar-refractivity contribution in [1.82, 2.24) is 24.6 Å². The molecule has 16 heavy (non-hydrogen) atoms. The number of fused-ring (bicyclic) bond motifs is 1. The molecule has 3 aromatic heterocycles. The largest absolute Gasteiger partial charge is 0.506 e. The Bertz CT molecular complexity index is 615. The highest BCUT2D eigenvalue weighted by Crippen LogP contribution is 2.22. The highest BCUT2D eigenvalue weighted by atomic mass is 16.3. The van der Waals surface area contributed by atoms with Crippen LogP contribution in [0.2, 0.25) is 0 Å². The molecule has 0 aliphatic carbocycles. The van der Waals surface area contributed by atoms with Gasteiger partial charge >= 0.3 is 0 Å². The minimum absolute atomic E-state index is 0.0614. The summed E-state index contributed by atoms with van der Waals surface area (Å²) in [7, 11) is 0. The zero-order valence-electron chi connectivity index (χ0n) is 8.15. The maximum absolute atomic E-state index is 9.62. The van der Waals surface area contributed by atoms with Gasteiger partial charge in [0, 0.05) is 18.6 Å². The van der Waals surface area contributed by atoms with E-state index in [-0.39, 0.29) is 5.75 Å². The fourth-order valence-corrected chi connectivity index (χ4v) is 1.41. The molecular formula is C10H7N5O. The third-order valence-electron chi connectivity index (χ3n) is 2.14. The highest BCUT2D eigenvalue weighted by Gasteiger charge is 2.11. The lowest BCUT2D eigenvalue weighted by Crippen LogP contribution is -1.88. The Morgan fingerprint density at radius 3 is 3.00 bits per heavy atom. The van der Waals surface area contributed by atoms with Crippen LogP contribution in [0.25, 0.3) is 17.2 Å². The van der Waals surface area contributed by atoms with Gasteiger partial charge in [-0.1, -0.05) is 0 Å². The molecule has 0 saturated carbocycles. The standard InChI is InChI=1S/C10H7N5O/c16-7-2-1-3-12-9(7)10-13-8-6-11-4-5-15(8)14-10/h1-6,16H. The summed E-state index contributed by atoms with van der Waals surface area (Å²) in [6.07, 6.45) is 6.48. The number of pyridine rings is 1. The van der Waals surface area contributed by atoms with Gasteiger partial charge in [-0.2, -0.15) is 0 Å². The molecule has 0 aliphatic rings. The van der Waals surface area contributed by atoms with E-state index in [0.29, 0.717) is 17.2 Å². The monoisotopic (exact) mass is 213 g/mol. The average Bonchev–Trinajstić information content (AvgIpc) is 2.73. The summed E-state index contributed by atoms with van der Waals surface area (Å²) in [5.41, 5.74) is 0.980. The lowest BCUT2D eigenvalue weighted by molar-refractivity contribution is 0.474. The Hall–Kier alpha value is -2.50. The van der Waals surface area contributed by atoms with E-state index in [2.05, 4.69) is 20.1 Å². The Morgan fingerprint density at radius 2 is 2.19 bits per heavy atom. The van der Waals surface area contributed by atoms with E-state index in [1.165, 1.54) is 0 Å². The first kappa shape index (κ1) is 8.78. The molecule has 0 saturated heterocycles. The predicted molar refractivity (Wildman–Crippen MR) is 55.7 cm³/mol. The average molecular weight is 213 g/mol. The molecule has 0 amide bonds. The maximum Gasteiger partial charge on any atom is 0.204 e. The molecule has 1 N–H and O–H groups in total. The van der Waals surface area contributed by atoms with Gasteiger partial charge in [0.2, 0.25) is 5.82 Å². The second kappa shape index (κ2) is 3.27. The zero-order valence-corrected chi connectivity index (χ0v) is 8.15. The van der Waals surface area contributed by atoms with E-state index >= 15 is 0 Å². The topological polar surface area (TPSA) is 76.2 Å². The van der Waals surface area contributed by atoms with E-state index in [9.17, 15) is 5.11 Å². The zero-order chi connectivity index (χ0) is 11.0. The normalized spacial score (nSPS) is 10.8. The predicted octanol–water partition coefficient (Wildman–Crippen LogP) is 0.892. The van der Waals surface area contributed by atoms with Crippen molar-refractivity contribution in [2.45, 2.75) is 0 Å². The van der Waals surface area contributed by atoms with E-state index in [0.717, 1.165) is 0 Å². The number of hydrogen-bond acceptors (Lipinski definition) is 5. The minimum atomic E-state index is 0.0614. The van der Waals surface area contributed by atoms with Crippen LogP contribution in [0.1, 0.15) is 0 Å². The van der Waals surface area contributed by atoms with Crippen LogP contribution in [0, 0.1) is 0 Å². The molecule has 0 aromatic carbocycles. The molecule has 3 heterocycles. The molecule has 3 rings (SSSR count). The van der Waals surface area contributed by atoms with Crippen molar-refractivity contribution in [3.05, 3.63) is 36.9 Å². The molecule has 0 radical (unpaired) electrons. The van der Waals surface area contributed by atoms with Crippen LogP contribution < -0.4 is 0 Å². The lowest BCUT2D eigenvalue weighted by Gasteiger charge is -1.95. The van der Waals surface area contributed by atoms with Gasteiger partial charge in [0.15, 0.2) is 11.3 Å². The summed E-state index contributed by atoms with van der Waals surface area (Å²) in [6, 6.07) is 3.20. The van der Waals surface area contributed by atoms with Crippen molar-refractivity contribution in [3.63, 3.8) is 0 Å². The first-order valence-corrected chi connectivity index (χ1v) is 4.65. The lowest BCUT2D eigenvalue weighted by atomic mass is 10.3. The summed E-state index contributed by atoms with van der Waals surface area (Å²) in [5, 5.41) is 13.8. The number of rotatable bonds is 1. The Kier molecular flexibility index (Phi) is 1.79. The van der Waals surface area contributed by atoms with E-state index in [1.54, 1.807) is 41.4 Å². The minimum Gasteiger partial charge on any atom is -0.506 e. The SMILES string of the molecule is Oc1cccnc1-c1nc2cnccn2n1. The molecular weight excluding hydrogens is 206 g/mol. The Labute approximate surface area is 90.2 Å². The molecule has 3 aromatic rings. The third-order valence-corrected chi connectivity index (χ3v) is 2.14. The summed E-state index contributed by atoms with van der Waals surface area (Å²) in [6.45, 7) is 0. The second-order valence-electron chi connectivity index (χ2n) is 3.19. The highest BCUT2D eigenvalue weighted by molar-refractivity contribution is 5.60. The quantitative estimate of drug-likeness (QED) is 0.649. The molecule has 0 unspecified atom stereocenters. The van der Waals surface area contributed by atoms with Crippen molar-refractivity contribution < 1.29 is 5.11 Å². The molecule has 6 nitrogen and oxygen atoms in total. The summed E-state index contributed by atoms with van der Waals surface area (Å²) in [5.74, 6) is 0.442. The fourth-order valence-electron chi connectivity index (χ4n) is 1.41. The van der Waals surface area contributed by atoms with Crippen molar-refractivity contribution in [2.75, 3.05) is 0 Å². The molecule has 0 spiro atoms. The van der Waals surface area contributed by atoms with Crippen LogP contribution in [0.4, 0.5) is 0 Å². The van der Waals surface area contributed by atoms with E-state index in [4.69, 9.17) is 0 Å². The first-order valence-electron chi connectivity index (χ1n) is 4.65. The molecule has 0 atom stereocenters. The van der Waals surface area contributed by atoms with Gasteiger partial charge < -0.3 is 5.11 Å².